The summed E-state index contributed by atoms with van der Waals surface area (Å²) in [5.74, 6) is 0.750. The maximum atomic E-state index is 12.8. The highest BCUT2D eigenvalue weighted by Crippen LogP contribution is 2.44. The maximum absolute atomic E-state index is 12.8. The minimum atomic E-state index is -0.509. The number of esters is 1. The van der Waals surface area contributed by atoms with Crippen molar-refractivity contribution in [1.82, 2.24) is 24.9 Å². The summed E-state index contributed by atoms with van der Waals surface area (Å²) in [5.41, 5.74) is 2.36. The van der Waals surface area contributed by atoms with Gasteiger partial charge in [0.2, 0.25) is 0 Å². The topological polar surface area (TPSA) is 114 Å². The summed E-state index contributed by atoms with van der Waals surface area (Å²) in [6.07, 6.45) is 9.95. The molecule has 1 saturated heterocycles. The monoisotopic (exact) mass is 418 g/mol. The van der Waals surface area contributed by atoms with Gasteiger partial charge in [-0.25, -0.2) is 19.7 Å². The summed E-state index contributed by atoms with van der Waals surface area (Å²) in [6.45, 7) is 1.54. The fourth-order valence-corrected chi connectivity index (χ4v) is 4.71. The van der Waals surface area contributed by atoms with E-state index in [2.05, 4.69) is 24.8 Å². The van der Waals surface area contributed by atoms with Gasteiger partial charge in [0.25, 0.3) is 5.56 Å². The molecule has 31 heavy (non-hydrogen) atoms. The molecule has 3 aromatic heterocycles. The van der Waals surface area contributed by atoms with E-state index in [4.69, 9.17) is 9.72 Å². The number of aromatic amines is 1. The number of rotatable bonds is 3. The van der Waals surface area contributed by atoms with Crippen molar-refractivity contribution >= 4 is 11.8 Å². The number of fused-ring (bicyclic) bond motifs is 2. The van der Waals surface area contributed by atoms with Gasteiger partial charge in [-0.15, -0.1) is 0 Å². The average molecular weight is 418 g/mol. The van der Waals surface area contributed by atoms with Crippen LogP contribution in [0.3, 0.4) is 0 Å². The normalized spacial score (nSPS) is 20.0. The predicted molar refractivity (Wildman–Crippen MR) is 113 cm³/mol. The van der Waals surface area contributed by atoms with Gasteiger partial charge in [0.1, 0.15) is 11.6 Å². The van der Waals surface area contributed by atoms with Crippen molar-refractivity contribution in [3.05, 3.63) is 64.2 Å². The second-order valence-electron chi connectivity index (χ2n) is 8.04. The van der Waals surface area contributed by atoms with Crippen LogP contribution in [0, 0.1) is 0 Å². The van der Waals surface area contributed by atoms with Crippen molar-refractivity contribution in [3.63, 3.8) is 0 Å². The summed E-state index contributed by atoms with van der Waals surface area (Å²) in [6, 6.07) is 3.72. The summed E-state index contributed by atoms with van der Waals surface area (Å²) < 4.78 is 4.70. The number of carbonyl (C=O) groups excluding carboxylic acids is 1. The van der Waals surface area contributed by atoms with Crippen LogP contribution in [0.5, 0.6) is 0 Å². The molecule has 3 aromatic rings. The SMILES string of the molecule is COC(=O)c1cnc(N2CCCC3(CCc4c3nc(-c3cccnc3)[nH]c4=O)C2)cn1. The van der Waals surface area contributed by atoms with Crippen molar-refractivity contribution in [2.75, 3.05) is 25.1 Å². The molecule has 5 rings (SSSR count). The van der Waals surface area contributed by atoms with Crippen LogP contribution >= 0.6 is 0 Å². The Morgan fingerprint density at radius 3 is 2.87 bits per heavy atom. The van der Waals surface area contributed by atoms with E-state index < -0.39 is 5.97 Å². The zero-order valence-corrected chi connectivity index (χ0v) is 17.2. The van der Waals surface area contributed by atoms with E-state index in [0.717, 1.165) is 42.6 Å². The van der Waals surface area contributed by atoms with E-state index in [1.807, 2.05) is 12.1 Å². The standard InChI is InChI=1S/C22H22N6O3/c1-31-21(30)16-11-25-17(12-24-16)28-9-3-6-22(13-28)7-5-15-18(22)26-19(27-20(15)29)14-4-2-8-23-10-14/h2,4,8,10-12H,3,5-7,9,13H2,1H3,(H,26,27,29). The van der Waals surface area contributed by atoms with E-state index in [0.29, 0.717) is 24.6 Å². The minimum Gasteiger partial charge on any atom is -0.464 e. The molecule has 1 spiro atoms. The highest BCUT2D eigenvalue weighted by Gasteiger charge is 2.45. The lowest BCUT2D eigenvalue weighted by Gasteiger charge is -2.41. The van der Waals surface area contributed by atoms with Gasteiger partial charge in [-0.05, 0) is 37.8 Å². The first-order valence-corrected chi connectivity index (χ1v) is 10.3. The predicted octanol–water partition coefficient (Wildman–Crippen LogP) is 1.89. The zero-order valence-electron chi connectivity index (χ0n) is 17.2. The molecule has 1 N–H and O–H groups in total. The van der Waals surface area contributed by atoms with Gasteiger partial charge in [0.05, 0.1) is 25.2 Å². The lowest BCUT2D eigenvalue weighted by Crippen LogP contribution is -2.46. The van der Waals surface area contributed by atoms with Crippen LogP contribution in [0.15, 0.2) is 41.7 Å². The van der Waals surface area contributed by atoms with Crippen molar-refractivity contribution in [2.45, 2.75) is 31.1 Å². The first-order chi connectivity index (χ1) is 15.1. The van der Waals surface area contributed by atoms with E-state index in [1.165, 1.54) is 13.3 Å². The van der Waals surface area contributed by atoms with E-state index in [1.54, 1.807) is 18.6 Å². The Bertz CT molecular complexity index is 1180. The lowest BCUT2D eigenvalue weighted by molar-refractivity contribution is 0.0593. The Morgan fingerprint density at radius 1 is 1.23 bits per heavy atom. The van der Waals surface area contributed by atoms with E-state index in [9.17, 15) is 9.59 Å². The van der Waals surface area contributed by atoms with Gasteiger partial charge in [0, 0.05) is 42.0 Å². The van der Waals surface area contributed by atoms with Crippen molar-refractivity contribution < 1.29 is 9.53 Å². The molecule has 0 saturated carbocycles. The fraction of sp³-hybridized carbons (Fsp3) is 0.364. The van der Waals surface area contributed by atoms with Crippen LogP contribution in [0.4, 0.5) is 5.82 Å². The Morgan fingerprint density at radius 2 is 2.13 bits per heavy atom. The van der Waals surface area contributed by atoms with Crippen LogP contribution in [0.2, 0.25) is 0 Å². The van der Waals surface area contributed by atoms with Gasteiger partial charge >= 0.3 is 5.97 Å². The average Bonchev–Trinajstić information content (AvgIpc) is 3.17. The second kappa shape index (κ2) is 7.57. The number of carbonyl (C=O) groups is 1. The number of anilines is 1. The summed E-state index contributed by atoms with van der Waals surface area (Å²) in [7, 11) is 1.32. The van der Waals surface area contributed by atoms with Crippen LogP contribution < -0.4 is 10.5 Å². The molecule has 1 aliphatic heterocycles. The van der Waals surface area contributed by atoms with E-state index >= 15 is 0 Å². The Hall–Kier alpha value is -3.62. The first-order valence-electron chi connectivity index (χ1n) is 10.3. The molecule has 0 radical (unpaired) electrons. The number of ether oxygens (including phenoxy) is 1. The largest absolute Gasteiger partial charge is 0.464 e. The molecule has 9 heteroatoms. The molecule has 0 bridgehead atoms. The van der Waals surface area contributed by atoms with Crippen molar-refractivity contribution in [1.29, 1.82) is 0 Å². The molecule has 2 aliphatic rings. The van der Waals surface area contributed by atoms with Crippen LogP contribution in [-0.2, 0) is 16.6 Å². The number of H-pyrrole nitrogens is 1. The summed E-state index contributed by atoms with van der Waals surface area (Å²) >= 11 is 0. The Kier molecular flexibility index (Phi) is 4.72. The van der Waals surface area contributed by atoms with Crippen LogP contribution in [0.1, 0.15) is 41.0 Å². The summed E-state index contributed by atoms with van der Waals surface area (Å²) in [5, 5.41) is 0. The van der Waals surface area contributed by atoms with Crippen LogP contribution in [-0.4, -0.2) is 51.1 Å². The number of methoxy groups -OCH3 is 1. The quantitative estimate of drug-likeness (QED) is 0.642. The Labute approximate surface area is 178 Å². The third-order valence-electron chi connectivity index (χ3n) is 6.24. The number of nitrogens with zero attached hydrogens (tertiary/aromatic N) is 5. The minimum absolute atomic E-state index is 0.0694. The second-order valence-corrected chi connectivity index (χ2v) is 8.04. The molecule has 4 heterocycles. The third-order valence-corrected chi connectivity index (χ3v) is 6.24. The molecule has 0 aromatic carbocycles. The smallest absolute Gasteiger partial charge is 0.358 e. The highest BCUT2D eigenvalue weighted by molar-refractivity contribution is 5.86. The molecular weight excluding hydrogens is 396 g/mol. The molecule has 158 valence electrons. The van der Waals surface area contributed by atoms with Gasteiger partial charge in [-0.3, -0.25) is 9.78 Å². The molecule has 1 aliphatic carbocycles. The number of nitrogens with one attached hydrogen (secondary N) is 1. The van der Waals surface area contributed by atoms with E-state index in [-0.39, 0.29) is 16.7 Å². The Balaban J connectivity index is 1.48. The number of hydrogen-bond donors (Lipinski definition) is 1. The number of piperidine rings is 1. The fourth-order valence-electron chi connectivity index (χ4n) is 4.71. The van der Waals surface area contributed by atoms with Crippen molar-refractivity contribution in [2.24, 2.45) is 0 Å². The molecule has 1 atom stereocenters. The van der Waals surface area contributed by atoms with Gasteiger partial charge in [0.15, 0.2) is 5.69 Å². The number of aromatic nitrogens is 5. The highest BCUT2D eigenvalue weighted by atomic mass is 16.5. The lowest BCUT2D eigenvalue weighted by atomic mass is 9.77. The van der Waals surface area contributed by atoms with Crippen LogP contribution in [0.25, 0.3) is 11.4 Å². The number of hydrogen-bond acceptors (Lipinski definition) is 8. The maximum Gasteiger partial charge on any atom is 0.358 e. The first kappa shape index (κ1) is 19.3. The van der Waals surface area contributed by atoms with Crippen molar-refractivity contribution in [3.8, 4) is 11.4 Å². The zero-order chi connectivity index (χ0) is 21.4. The molecule has 0 amide bonds. The molecule has 1 unspecified atom stereocenters. The number of pyridine rings is 1. The molecule has 9 nitrogen and oxygen atoms in total. The third kappa shape index (κ3) is 3.35. The summed E-state index contributed by atoms with van der Waals surface area (Å²) in [4.78, 5) is 47.2. The van der Waals surface area contributed by atoms with Gasteiger partial charge in [-0.1, -0.05) is 0 Å². The molecule has 1 fully saturated rings. The van der Waals surface area contributed by atoms with Gasteiger partial charge in [-0.2, -0.15) is 0 Å². The molecular formula is C22H22N6O3. The van der Waals surface area contributed by atoms with Gasteiger partial charge < -0.3 is 14.6 Å².